The Bertz CT molecular complexity index is 205. The van der Waals surface area contributed by atoms with Crippen molar-refractivity contribution in [3.8, 4) is 0 Å². The molecule has 0 aliphatic carbocycles. The number of carbonyl (C=O) groups is 1. The summed E-state index contributed by atoms with van der Waals surface area (Å²) in [6.07, 6.45) is 0.779. The lowest BCUT2D eigenvalue weighted by atomic mass is 10.4. The Balaban J connectivity index is 0.000000226. The number of thiophene rings is 1. The van der Waals surface area contributed by atoms with Crippen molar-refractivity contribution in [3.63, 3.8) is 0 Å². The van der Waals surface area contributed by atoms with Crippen molar-refractivity contribution in [2.45, 2.75) is 13.2 Å². The zero-order valence-electron chi connectivity index (χ0n) is 8.02. The second-order valence-electron chi connectivity index (χ2n) is 2.21. The largest absolute Gasteiger partial charge is 0.356 e. The first-order valence-electron chi connectivity index (χ1n) is 3.77. The van der Waals surface area contributed by atoms with Crippen molar-refractivity contribution in [2.75, 3.05) is 14.2 Å². The average Bonchev–Trinajstić information content (AvgIpc) is 2.70. The molecule has 13 heavy (non-hydrogen) atoms. The van der Waals surface area contributed by atoms with Crippen LogP contribution in [0.4, 0.5) is 0 Å². The summed E-state index contributed by atoms with van der Waals surface area (Å²) < 4.78 is 9.35. The second-order valence-corrected chi connectivity index (χ2v) is 2.99. The fourth-order valence-corrected chi connectivity index (χ4v) is 1.04. The van der Waals surface area contributed by atoms with Crippen LogP contribution in [0.3, 0.4) is 0 Å². The van der Waals surface area contributed by atoms with E-state index in [0.717, 1.165) is 11.8 Å². The quantitative estimate of drug-likeness (QED) is 0.556. The van der Waals surface area contributed by atoms with Gasteiger partial charge in [-0.3, -0.25) is 4.79 Å². The summed E-state index contributed by atoms with van der Waals surface area (Å²) in [5, 5.41) is 3.69. The fraction of sp³-hybridized carbons (Fsp3) is 0.444. The lowest BCUT2D eigenvalue weighted by Gasteiger charge is -2.03. The van der Waals surface area contributed by atoms with E-state index < -0.39 is 0 Å². The van der Waals surface area contributed by atoms with Crippen LogP contribution in [0.15, 0.2) is 16.8 Å². The number of carbonyl (C=O) groups excluding carboxylic acids is 1. The topological polar surface area (TPSA) is 35.5 Å². The summed E-state index contributed by atoms with van der Waals surface area (Å²) in [7, 11) is 3.21. The van der Waals surface area contributed by atoms with Crippen LogP contribution in [0.25, 0.3) is 0 Å². The molecule has 0 bridgehead atoms. The van der Waals surface area contributed by atoms with E-state index in [2.05, 4.69) is 9.47 Å². The third-order valence-corrected chi connectivity index (χ3v) is 2.04. The van der Waals surface area contributed by atoms with Crippen molar-refractivity contribution in [1.82, 2.24) is 0 Å². The lowest BCUT2D eigenvalue weighted by molar-refractivity contribution is -0.0877. The standard InChI is InChI=1S/C5H4OS.C4H10O2/c6-3-5-1-2-7-4-5;1-4(5-2)6-3/h1-4H;4H,1-3H3. The summed E-state index contributed by atoms with van der Waals surface area (Å²) in [6, 6.07) is 1.79. The maximum Gasteiger partial charge on any atom is 0.154 e. The summed E-state index contributed by atoms with van der Waals surface area (Å²) in [5.41, 5.74) is 0.769. The van der Waals surface area contributed by atoms with Gasteiger partial charge in [-0.1, -0.05) is 0 Å². The molecule has 0 N–H and O–H groups in total. The third kappa shape index (κ3) is 6.45. The highest BCUT2D eigenvalue weighted by Crippen LogP contribution is 2.00. The van der Waals surface area contributed by atoms with Gasteiger partial charge in [0.15, 0.2) is 12.6 Å². The number of ether oxygens (including phenoxy) is 2. The average molecular weight is 202 g/mol. The molecule has 0 spiro atoms. The Labute approximate surface area is 82.3 Å². The molecule has 1 rings (SSSR count). The minimum absolute atomic E-state index is 0.0648. The van der Waals surface area contributed by atoms with Gasteiger partial charge < -0.3 is 9.47 Å². The van der Waals surface area contributed by atoms with E-state index in [0.29, 0.717) is 0 Å². The molecule has 0 aromatic carbocycles. The molecule has 0 unspecified atom stereocenters. The summed E-state index contributed by atoms with van der Waals surface area (Å²) in [5.74, 6) is 0. The maximum atomic E-state index is 9.87. The molecular weight excluding hydrogens is 188 g/mol. The highest BCUT2D eigenvalue weighted by Gasteiger charge is 1.88. The van der Waals surface area contributed by atoms with Crippen LogP contribution in [-0.4, -0.2) is 26.8 Å². The first-order valence-corrected chi connectivity index (χ1v) is 4.71. The summed E-state index contributed by atoms with van der Waals surface area (Å²) in [4.78, 5) is 9.87. The Morgan fingerprint density at radius 2 is 2.08 bits per heavy atom. The van der Waals surface area contributed by atoms with Gasteiger partial charge in [0.05, 0.1) is 0 Å². The normalized spacial score (nSPS) is 9.23. The van der Waals surface area contributed by atoms with Crippen LogP contribution in [0.2, 0.25) is 0 Å². The smallest absolute Gasteiger partial charge is 0.154 e. The highest BCUT2D eigenvalue weighted by molar-refractivity contribution is 7.08. The molecule has 0 fully saturated rings. The van der Waals surface area contributed by atoms with Gasteiger partial charge in [-0.2, -0.15) is 11.3 Å². The molecule has 0 aliphatic rings. The van der Waals surface area contributed by atoms with Crippen molar-refractivity contribution < 1.29 is 14.3 Å². The maximum absolute atomic E-state index is 9.87. The van der Waals surface area contributed by atoms with E-state index in [1.807, 2.05) is 17.7 Å². The zero-order valence-corrected chi connectivity index (χ0v) is 8.84. The zero-order chi connectivity index (χ0) is 10.1. The van der Waals surface area contributed by atoms with Gasteiger partial charge in [0.25, 0.3) is 0 Å². The molecule has 0 saturated heterocycles. The van der Waals surface area contributed by atoms with Gasteiger partial charge in [-0.15, -0.1) is 0 Å². The van der Waals surface area contributed by atoms with Crippen molar-refractivity contribution in [1.29, 1.82) is 0 Å². The molecule has 0 saturated carbocycles. The minimum atomic E-state index is -0.0648. The predicted molar refractivity (Wildman–Crippen MR) is 53.2 cm³/mol. The molecular formula is C9H14O3S. The highest BCUT2D eigenvalue weighted by atomic mass is 32.1. The number of hydrogen-bond acceptors (Lipinski definition) is 4. The molecule has 74 valence electrons. The van der Waals surface area contributed by atoms with Gasteiger partial charge in [-0.05, 0) is 18.4 Å². The van der Waals surface area contributed by atoms with Gasteiger partial charge in [0, 0.05) is 25.2 Å². The van der Waals surface area contributed by atoms with Gasteiger partial charge in [0.1, 0.15) is 0 Å². The van der Waals surface area contributed by atoms with Crippen LogP contribution in [0, 0.1) is 0 Å². The van der Waals surface area contributed by atoms with E-state index in [1.54, 1.807) is 20.3 Å². The molecule has 0 radical (unpaired) electrons. The Kier molecular flexibility index (Phi) is 7.48. The van der Waals surface area contributed by atoms with Crippen molar-refractivity contribution in [2.24, 2.45) is 0 Å². The number of rotatable bonds is 3. The molecule has 1 aromatic rings. The Morgan fingerprint density at radius 3 is 2.23 bits per heavy atom. The van der Waals surface area contributed by atoms with Crippen LogP contribution in [-0.2, 0) is 9.47 Å². The molecule has 0 aliphatic heterocycles. The minimum Gasteiger partial charge on any atom is -0.356 e. The van der Waals surface area contributed by atoms with Gasteiger partial charge in [-0.25, -0.2) is 0 Å². The number of aldehydes is 1. The molecule has 0 amide bonds. The Hall–Kier alpha value is -0.710. The van der Waals surface area contributed by atoms with E-state index in [-0.39, 0.29) is 6.29 Å². The summed E-state index contributed by atoms with van der Waals surface area (Å²) >= 11 is 1.53. The predicted octanol–water partition coefficient (Wildman–Crippen LogP) is 2.19. The van der Waals surface area contributed by atoms with Crippen molar-refractivity contribution >= 4 is 17.6 Å². The molecule has 1 heterocycles. The van der Waals surface area contributed by atoms with Crippen LogP contribution >= 0.6 is 11.3 Å². The number of methoxy groups -OCH3 is 2. The second kappa shape index (κ2) is 7.91. The van der Waals surface area contributed by atoms with E-state index >= 15 is 0 Å². The molecule has 0 atom stereocenters. The lowest BCUT2D eigenvalue weighted by Crippen LogP contribution is -2.05. The Morgan fingerprint density at radius 1 is 1.46 bits per heavy atom. The van der Waals surface area contributed by atoms with E-state index in [9.17, 15) is 4.79 Å². The fourth-order valence-electron chi connectivity index (χ4n) is 0.438. The first kappa shape index (κ1) is 12.3. The van der Waals surface area contributed by atoms with Crippen molar-refractivity contribution in [3.05, 3.63) is 22.4 Å². The number of hydrogen-bond donors (Lipinski definition) is 0. The van der Waals surface area contributed by atoms with Crippen LogP contribution in [0.1, 0.15) is 17.3 Å². The van der Waals surface area contributed by atoms with E-state index in [1.165, 1.54) is 11.3 Å². The molecule has 4 heteroatoms. The van der Waals surface area contributed by atoms with Crippen LogP contribution < -0.4 is 0 Å². The molecule has 3 nitrogen and oxygen atoms in total. The third-order valence-electron chi connectivity index (χ3n) is 1.34. The van der Waals surface area contributed by atoms with Crippen LogP contribution in [0.5, 0.6) is 0 Å². The van der Waals surface area contributed by atoms with Gasteiger partial charge >= 0.3 is 0 Å². The first-order chi connectivity index (χ1) is 6.24. The molecule has 1 aromatic heterocycles. The van der Waals surface area contributed by atoms with Gasteiger partial charge in [0.2, 0.25) is 0 Å². The summed E-state index contributed by atoms with van der Waals surface area (Å²) in [6.45, 7) is 1.83. The van der Waals surface area contributed by atoms with E-state index in [4.69, 9.17) is 0 Å². The monoisotopic (exact) mass is 202 g/mol. The SMILES string of the molecule is COC(C)OC.O=Cc1ccsc1.